The summed E-state index contributed by atoms with van der Waals surface area (Å²) in [5.41, 5.74) is 0. The molecule has 0 N–H and O–H groups in total. The first kappa shape index (κ1) is 14.2. The number of nitrogens with zero attached hydrogens (tertiary/aromatic N) is 2. The van der Waals surface area contributed by atoms with Crippen LogP contribution in [0, 0.1) is 0 Å². The number of halogens is 3. The summed E-state index contributed by atoms with van der Waals surface area (Å²) in [6.45, 7) is 0.543. The van der Waals surface area contributed by atoms with Gasteiger partial charge in [-0.2, -0.15) is 17.5 Å². The van der Waals surface area contributed by atoms with Gasteiger partial charge in [0.15, 0.2) is 0 Å². The number of piperazine rings is 1. The number of sulfonamides is 1. The van der Waals surface area contributed by atoms with Gasteiger partial charge in [0.1, 0.15) is 0 Å². The Balaban J connectivity index is 2.52. The molecule has 5 nitrogen and oxygen atoms in total. The van der Waals surface area contributed by atoms with E-state index in [2.05, 4.69) is 0 Å². The first-order valence-corrected chi connectivity index (χ1v) is 6.59. The third kappa shape index (κ3) is 4.50. The van der Waals surface area contributed by atoms with Crippen molar-refractivity contribution in [2.45, 2.75) is 12.6 Å². The van der Waals surface area contributed by atoms with E-state index < -0.39 is 28.4 Å². The number of alkyl halides is 3. The van der Waals surface area contributed by atoms with Crippen LogP contribution in [-0.2, 0) is 14.8 Å². The first-order chi connectivity index (χ1) is 7.74. The van der Waals surface area contributed by atoms with Gasteiger partial charge in [0.2, 0.25) is 16.4 Å². The normalized spacial score (nSPS) is 19.4. The molecule has 100 valence electrons. The Bertz CT molecular complexity index is 361. The average molecular weight is 274 g/mol. The van der Waals surface area contributed by atoms with Crippen LogP contribution in [-0.4, -0.2) is 62.1 Å². The molecule has 1 heterocycles. The predicted octanol–water partition coefficient (Wildman–Crippen LogP) is 0.0426. The highest BCUT2D eigenvalue weighted by atomic mass is 32.2. The lowest BCUT2D eigenvalue weighted by Gasteiger charge is -2.31. The molecular formula is C8H13F3N2O3S. The van der Waals surface area contributed by atoms with Crippen molar-refractivity contribution in [2.75, 3.05) is 31.9 Å². The van der Waals surface area contributed by atoms with Gasteiger partial charge in [-0.15, -0.1) is 0 Å². The number of carbonyl (C=O) groups excluding carboxylic acids is 1. The van der Waals surface area contributed by atoms with Crippen molar-refractivity contribution in [3.63, 3.8) is 0 Å². The fraction of sp³-hybridized carbons (Fsp3) is 0.875. The Kier molecular flexibility index (Phi) is 4.36. The van der Waals surface area contributed by atoms with Gasteiger partial charge < -0.3 is 4.90 Å². The van der Waals surface area contributed by atoms with E-state index in [1.807, 2.05) is 0 Å². The molecule has 0 spiro atoms. The van der Waals surface area contributed by atoms with E-state index in [1.54, 1.807) is 0 Å². The second kappa shape index (κ2) is 5.21. The molecule has 17 heavy (non-hydrogen) atoms. The minimum atomic E-state index is -4.47. The maximum Gasteiger partial charge on any atom is 0.390 e. The van der Waals surface area contributed by atoms with Gasteiger partial charge in [-0.05, 0) is 0 Å². The lowest BCUT2D eigenvalue weighted by molar-refractivity contribution is -0.130. The van der Waals surface area contributed by atoms with Crippen LogP contribution in [0.5, 0.6) is 0 Å². The maximum atomic E-state index is 11.9. The van der Waals surface area contributed by atoms with Gasteiger partial charge in [-0.3, -0.25) is 4.79 Å². The zero-order valence-electron chi connectivity index (χ0n) is 8.98. The summed E-state index contributed by atoms with van der Waals surface area (Å²) in [4.78, 5) is 11.8. The van der Waals surface area contributed by atoms with Crippen LogP contribution in [0.4, 0.5) is 13.2 Å². The molecule has 0 aromatic carbocycles. The van der Waals surface area contributed by atoms with Crippen molar-refractivity contribution >= 4 is 16.4 Å². The minimum absolute atomic E-state index is 0.0545. The molecule has 1 aliphatic heterocycles. The lowest BCUT2D eigenvalue weighted by atomic mass is 10.4. The Labute approximate surface area is 97.2 Å². The van der Waals surface area contributed by atoms with Gasteiger partial charge >= 0.3 is 6.18 Å². The first-order valence-electron chi connectivity index (χ1n) is 4.98. The molecule has 1 fully saturated rings. The summed E-state index contributed by atoms with van der Waals surface area (Å²) < 4.78 is 59.9. The molecule has 0 saturated carbocycles. The second-order valence-corrected chi connectivity index (χ2v) is 5.81. The molecule has 0 unspecified atom stereocenters. The molecule has 1 rings (SSSR count). The summed E-state index contributed by atoms with van der Waals surface area (Å²) in [6, 6.07) is 0. The van der Waals surface area contributed by atoms with Crippen molar-refractivity contribution in [3.8, 4) is 0 Å². The van der Waals surface area contributed by atoms with Crippen molar-refractivity contribution in [3.05, 3.63) is 0 Å². The van der Waals surface area contributed by atoms with Crippen LogP contribution in [0.15, 0.2) is 0 Å². The predicted molar refractivity (Wildman–Crippen MR) is 53.7 cm³/mol. The molecule has 0 aromatic rings. The topological polar surface area (TPSA) is 57.7 Å². The molecule has 1 aliphatic rings. The van der Waals surface area contributed by atoms with Gasteiger partial charge in [-0.1, -0.05) is 0 Å². The summed E-state index contributed by atoms with van der Waals surface area (Å²) in [5.74, 6) is -0.933. The Morgan fingerprint density at radius 2 is 1.65 bits per heavy atom. The van der Waals surface area contributed by atoms with E-state index in [1.165, 1.54) is 4.90 Å². The molecule has 0 atom stereocenters. The van der Waals surface area contributed by atoms with E-state index in [4.69, 9.17) is 0 Å². The largest absolute Gasteiger partial charge is 0.390 e. The third-order valence-corrected chi connectivity index (χ3v) is 4.33. The quantitative estimate of drug-likeness (QED) is 0.680. The average Bonchev–Trinajstić information content (AvgIpc) is 2.26. The molecule has 0 radical (unpaired) electrons. The van der Waals surface area contributed by atoms with Gasteiger partial charge in [0.05, 0.1) is 12.2 Å². The Morgan fingerprint density at radius 1 is 1.12 bits per heavy atom. The van der Waals surface area contributed by atoms with Crippen LogP contribution >= 0.6 is 0 Å². The molecule has 1 amide bonds. The highest BCUT2D eigenvalue weighted by molar-refractivity contribution is 7.89. The van der Waals surface area contributed by atoms with E-state index in [0.717, 1.165) is 4.31 Å². The van der Waals surface area contributed by atoms with Crippen molar-refractivity contribution < 1.29 is 26.4 Å². The number of amides is 1. The molecule has 0 aliphatic carbocycles. The highest BCUT2D eigenvalue weighted by Crippen LogP contribution is 2.21. The minimum Gasteiger partial charge on any atom is -0.343 e. The number of hydrogen-bond acceptors (Lipinski definition) is 3. The van der Waals surface area contributed by atoms with Crippen LogP contribution in [0.3, 0.4) is 0 Å². The zero-order valence-corrected chi connectivity index (χ0v) is 9.80. The summed E-state index contributed by atoms with van der Waals surface area (Å²) in [5, 5.41) is 0. The van der Waals surface area contributed by atoms with Crippen LogP contribution in [0.2, 0.25) is 0 Å². The van der Waals surface area contributed by atoms with Crippen LogP contribution in [0.1, 0.15) is 6.42 Å². The highest BCUT2D eigenvalue weighted by Gasteiger charge is 2.33. The molecule has 0 bridgehead atoms. The molecule has 9 heteroatoms. The fourth-order valence-corrected chi connectivity index (χ4v) is 2.93. The fourth-order valence-electron chi connectivity index (χ4n) is 1.46. The maximum absolute atomic E-state index is 11.9. The number of hydrogen-bond donors (Lipinski definition) is 0. The van der Waals surface area contributed by atoms with E-state index in [0.29, 0.717) is 6.41 Å². The van der Waals surface area contributed by atoms with Crippen LogP contribution in [0.25, 0.3) is 0 Å². The lowest BCUT2D eigenvalue weighted by Crippen LogP contribution is -2.48. The SMILES string of the molecule is O=CN1CCN(S(=O)(=O)CCC(F)(F)F)CC1. The van der Waals surface area contributed by atoms with Gasteiger partial charge in [-0.25, -0.2) is 8.42 Å². The molecule has 1 saturated heterocycles. The van der Waals surface area contributed by atoms with E-state index in [-0.39, 0.29) is 26.2 Å². The third-order valence-electron chi connectivity index (χ3n) is 2.46. The van der Waals surface area contributed by atoms with E-state index >= 15 is 0 Å². The summed E-state index contributed by atoms with van der Waals surface area (Å²) in [6.07, 6.45) is -5.22. The second-order valence-electron chi connectivity index (χ2n) is 3.72. The Morgan fingerprint density at radius 3 is 2.06 bits per heavy atom. The van der Waals surface area contributed by atoms with Crippen LogP contribution < -0.4 is 0 Å². The summed E-state index contributed by atoms with van der Waals surface area (Å²) >= 11 is 0. The standard InChI is InChI=1S/C8H13F3N2O3S/c9-8(10,11)1-6-17(15,16)13-4-2-12(7-14)3-5-13/h7H,1-6H2. The smallest absolute Gasteiger partial charge is 0.343 e. The van der Waals surface area contributed by atoms with Gasteiger partial charge in [0.25, 0.3) is 0 Å². The number of carbonyl (C=O) groups is 1. The Hall–Kier alpha value is -0.830. The van der Waals surface area contributed by atoms with Gasteiger partial charge in [0, 0.05) is 26.2 Å². The number of rotatable bonds is 4. The van der Waals surface area contributed by atoms with Crippen molar-refractivity contribution in [2.24, 2.45) is 0 Å². The molecular weight excluding hydrogens is 261 g/mol. The van der Waals surface area contributed by atoms with Crippen molar-refractivity contribution in [1.82, 2.24) is 9.21 Å². The zero-order chi connectivity index (χ0) is 13.1. The van der Waals surface area contributed by atoms with E-state index in [9.17, 15) is 26.4 Å². The van der Waals surface area contributed by atoms with Crippen molar-refractivity contribution in [1.29, 1.82) is 0 Å². The molecule has 0 aromatic heterocycles. The summed E-state index contributed by atoms with van der Waals surface area (Å²) in [7, 11) is -3.88. The monoisotopic (exact) mass is 274 g/mol.